The van der Waals surface area contributed by atoms with Crippen molar-refractivity contribution in [3.05, 3.63) is 107 Å². The molecule has 6 rings (SSSR count). The van der Waals surface area contributed by atoms with Gasteiger partial charge in [-0.3, -0.25) is 10.1 Å². The number of aromatic nitrogens is 4. The van der Waals surface area contributed by atoms with Gasteiger partial charge < -0.3 is 15.6 Å². The maximum Gasteiger partial charge on any atom is 0.123 e. The van der Waals surface area contributed by atoms with E-state index in [0.29, 0.717) is 5.92 Å². The van der Waals surface area contributed by atoms with Crippen LogP contribution in [0.3, 0.4) is 0 Å². The highest BCUT2D eigenvalue weighted by Crippen LogP contribution is 2.31. The van der Waals surface area contributed by atoms with Crippen LogP contribution in [0.25, 0.3) is 51.6 Å². The van der Waals surface area contributed by atoms with Gasteiger partial charge in [-0.25, -0.2) is 4.39 Å². The zero-order chi connectivity index (χ0) is 29.1. The zero-order valence-corrected chi connectivity index (χ0v) is 23.8. The molecular weight excluding hydrogens is 523 g/mol. The van der Waals surface area contributed by atoms with Crippen molar-refractivity contribution in [2.24, 2.45) is 5.92 Å². The molecule has 0 spiro atoms. The summed E-state index contributed by atoms with van der Waals surface area (Å²) in [5.74, 6) is 0.409. The molecule has 0 amide bonds. The number of nitrogens with one attached hydrogen (secondary N) is 4. The second-order valence-electron chi connectivity index (χ2n) is 10.9. The van der Waals surface area contributed by atoms with Crippen molar-refractivity contribution >= 4 is 34.8 Å². The number of benzene rings is 2. The number of hydrogen-bond donors (Lipinski definition) is 4. The van der Waals surface area contributed by atoms with E-state index in [1.54, 1.807) is 12.1 Å². The number of allylic oxidation sites excluding steroid dienone is 3. The van der Waals surface area contributed by atoms with Gasteiger partial charge in [-0.15, -0.1) is 0 Å². The van der Waals surface area contributed by atoms with Crippen LogP contribution in [0, 0.1) is 11.7 Å². The zero-order valence-electron chi connectivity index (χ0n) is 23.8. The van der Waals surface area contributed by atoms with Gasteiger partial charge in [0.15, 0.2) is 0 Å². The Kier molecular flexibility index (Phi) is 7.84. The van der Waals surface area contributed by atoms with Crippen LogP contribution in [0.2, 0.25) is 0 Å². The monoisotopic (exact) mass is 558 g/mol. The summed E-state index contributed by atoms with van der Waals surface area (Å²) in [5.41, 5.74) is 8.53. The molecule has 0 unspecified atom stereocenters. The highest BCUT2D eigenvalue weighted by molar-refractivity contribution is 5.98. The Bertz CT molecular complexity index is 1870. The molecule has 1 aliphatic heterocycles. The minimum atomic E-state index is -0.251. The minimum absolute atomic E-state index is 0.251. The Morgan fingerprint density at radius 1 is 1.10 bits per heavy atom. The first-order chi connectivity index (χ1) is 20.5. The molecule has 4 heterocycles. The van der Waals surface area contributed by atoms with Gasteiger partial charge in [0.1, 0.15) is 11.5 Å². The van der Waals surface area contributed by atoms with Crippen LogP contribution in [-0.2, 0) is 0 Å². The van der Waals surface area contributed by atoms with Crippen molar-refractivity contribution < 1.29 is 4.39 Å². The van der Waals surface area contributed by atoms with Crippen molar-refractivity contribution in [1.82, 2.24) is 25.5 Å². The Balaban J connectivity index is 1.30. The highest BCUT2D eigenvalue weighted by atomic mass is 19.1. The van der Waals surface area contributed by atoms with Crippen LogP contribution in [0.4, 0.5) is 10.1 Å². The smallest absolute Gasteiger partial charge is 0.123 e. The molecule has 5 aromatic rings. The molecule has 1 saturated heterocycles. The number of fused-ring (bicyclic) bond motifs is 1. The van der Waals surface area contributed by atoms with E-state index in [4.69, 9.17) is 0 Å². The average molecular weight is 559 g/mol. The van der Waals surface area contributed by atoms with Gasteiger partial charge in [-0.2, -0.15) is 5.10 Å². The van der Waals surface area contributed by atoms with E-state index >= 15 is 0 Å². The van der Waals surface area contributed by atoms with Crippen LogP contribution < -0.4 is 21.2 Å². The van der Waals surface area contributed by atoms with Gasteiger partial charge in [-0.1, -0.05) is 43.5 Å². The summed E-state index contributed by atoms with van der Waals surface area (Å²) < 4.78 is 13.6. The standard InChI is InChI=1S/C35H35FN6/c1-4-25(27-17-29(21-38-20-27)39-22(2)16-24-12-14-37-15-13-24)18-31-23(3)41-42-35(31)34-19-32-30(6-5-7-33(32)40-34)26-8-10-28(36)11-9-26/h4-11,17-21,24,37,39-41H,2-3,12-16H2,1H3/b25-4+,31-18+. The predicted octanol–water partition coefficient (Wildman–Crippen LogP) is 6.37. The van der Waals surface area contributed by atoms with Gasteiger partial charge in [0.25, 0.3) is 0 Å². The number of halogens is 1. The lowest BCUT2D eigenvalue weighted by Crippen LogP contribution is -2.28. The molecule has 0 radical (unpaired) electrons. The normalized spacial score (nSPS) is 14.9. The van der Waals surface area contributed by atoms with Crippen LogP contribution >= 0.6 is 0 Å². The molecule has 6 nitrogen and oxygen atoms in total. The van der Waals surface area contributed by atoms with Gasteiger partial charge in [0, 0.05) is 33.6 Å². The van der Waals surface area contributed by atoms with Gasteiger partial charge in [0.05, 0.1) is 22.9 Å². The minimum Gasteiger partial charge on any atom is -0.358 e. The Hall–Kier alpha value is -4.75. The fraction of sp³-hybridized carbons (Fsp3) is 0.200. The summed E-state index contributed by atoms with van der Waals surface area (Å²) in [6, 6.07) is 16.9. The van der Waals surface area contributed by atoms with E-state index in [-0.39, 0.29) is 5.82 Å². The number of aromatic amines is 2. The summed E-state index contributed by atoms with van der Waals surface area (Å²) in [5, 5.41) is 17.2. The second kappa shape index (κ2) is 12.0. The van der Waals surface area contributed by atoms with E-state index in [1.165, 1.54) is 25.0 Å². The van der Waals surface area contributed by atoms with E-state index in [1.807, 2.05) is 37.5 Å². The largest absolute Gasteiger partial charge is 0.358 e. The molecule has 7 heteroatoms. The number of hydrogen-bond acceptors (Lipinski definition) is 4. The molecule has 4 N–H and O–H groups in total. The Labute approximate surface area is 244 Å². The first-order valence-corrected chi connectivity index (χ1v) is 14.4. The molecule has 0 aliphatic carbocycles. The number of rotatable bonds is 8. The van der Waals surface area contributed by atoms with Crippen molar-refractivity contribution in [3.8, 4) is 22.5 Å². The van der Waals surface area contributed by atoms with Crippen molar-refractivity contribution in [1.29, 1.82) is 0 Å². The fourth-order valence-corrected chi connectivity index (χ4v) is 5.76. The fourth-order valence-electron chi connectivity index (χ4n) is 5.76. The Morgan fingerprint density at radius 3 is 2.69 bits per heavy atom. The van der Waals surface area contributed by atoms with Crippen molar-refractivity contribution in [3.63, 3.8) is 0 Å². The quantitative estimate of drug-likeness (QED) is 0.178. The summed E-state index contributed by atoms with van der Waals surface area (Å²) >= 11 is 0. The molecule has 3 aromatic heterocycles. The molecule has 1 aliphatic rings. The Morgan fingerprint density at radius 2 is 1.90 bits per heavy atom. The van der Waals surface area contributed by atoms with Crippen LogP contribution in [0.1, 0.15) is 31.7 Å². The van der Waals surface area contributed by atoms with Crippen molar-refractivity contribution in [2.75, 3.05) is 18.4 Å². The lowest BCUT2D eigenvalue weighted by molar-refractivity contribution is 0.373. The van der Waals surface area contributed by atoms with Gasteiger partial charge in [0.2, 0.25) is 0 Å². The summed E-state index contributed by atoms with van der Waals surface area (Å²) in [4.78, 5) is 8.04. The molecule has 0 saturated carbocycles. The highest BCUT2D eigenvalue weighted by Gasteiger charge is 2.15. The van der Waals surface area contributed by atoms with E-state index < -0.39 is 0 Å². The summed E-state index contributed by atoms with van der Waals surface area (Å²) in [7, 11) is 0. The summed E-state index contributed by atoms with van der Waals surface area (Å²) in [6.45, 7) is 12.7. The molecule has 1 fully saturated rings. The van der Waals surface area contributed by atoms with Crippen LogP contribution in [0.5, 0.6) is 0 Å². The topological polar surface area (TPSA) is 81.4 Å². The third kappa shape index (κ3) is 5.83. The lowest BCUT2D eigenvalue weighted by Gasteiger charge is -2.23. The predicted molar refractivity (Wildman–Crippen MR) is 171 cm³/mol. The SMILES string of the molecule is C=C(CC1CCNCC1)Nc1cncc(C(/C=c2/c(-c3cc4c(-c5ccc(F)cc5)cccc4[nH]3)n[nH]c2=C)=C/C)c1. The van der Waals surface area contributed by atoms with E-state index in [0.717, 1.165) is 86.0 Å². The number of piperidine rings is 1. The molecule has 0 atom stereocenters. The third-order valence-corrected chi connectivity index (χ3v) is 7.95. The van der Waals surface area contributed by atoms with Crippen LogP contribution in [0.15, 0.2) is 85.3 Å². The van der Waals surface area contributed by atoms with Crippen LogP contribution in [-0.4, -0.2) is 33.3 Å². The molecular formula is C35H35FN6. The number of anilines is 1. The molecule has 212 valence electrons. The van der Waals surface area contributed by atoms with E-state index in [2.05, 4.69) is 68.2 Å². The van der Waals surface area contributed by atoms with Crippen molar-refractivity contribution in [2.45, 2.75) is 26.2 Å². The lowest BCUT2D eigenvalue weighted by atomic mass is 9.93. The molecule has 0 bridgehead atoms. The number of pyridine rings is 1. The second-order valence-corrected chi connectivity index (χ2v) is 10.9. The van der Waals surface area contributed by atoms with E-state index in [9.17, 15) is 4.39 Å². The number of H-pyrrole nitrogens is 2. The molecule has 2 aromatic carbocycles. The molecule has 42 heavy (non-hydrogen) atoms. The number of nitrogens with zero attached hydrogens (tertiary/aromatic N) is 2. The van der Waals surface area contributed by atoms with Gasteiger partial charge in [-0.05, 0) is 98.3 Å². The first-order valence-electron chi connectivity index (χ1n) is 14.4. The maximum atomic E-state index is 13.6. The van der Waals surface area contributed by atoms with Gasteiger partial charge >= 0.3 is 0 Å². The third-order valence-electron chi connectivity index (χ3n) is 7.95. The first kappa shape index (κ1) is 27.4. The maximum absolute atomic E-state index is 13.6. The summed E-state index contributed by atoms with van der Waals surface area (Å²) in [6.07, 6.45) is 11.2. The average Bonchev–Trinajstić information content (AvgIpc) is 3.60.